The molecule has 0 aliphatic heterocycles. The highest BCUT2D eigenvalue weighted by Crippen LogP contribution is 2.32. The van der Waals surface area contributed by atoms with Crippen molar-refractivity contribution in [2.45, 2.75) is 4.90 Å². The first-order chi connectivity index (χ1) is 14.3. The Kier molecular flexibility index (Phi) is 4.92. The number of hydrogen-bond donors (Lipinski definition) is 3. The molecule has 0 radical (unpaired) electrons. The predicted octanol–water partition coefficient (Wildman–Crippen LogP) is 3.43. The van der Waals surface area contributed by atoms with Gasteiger partial charge in [-0.25, -0.2) is 17.5 Å². The summed E-state index contributed by atoms with van der Waals surface area (Å²) in [6.07, 6.45) is 1.43. The smallest absolute Gasteiger partial charge is 0.282 e. The van der Waals surface area contributed by atoms with E-state index in [9.17, 15) is 22.4 Å². The highest BCUT2D eigenvalue weighted by molar-refractivity contribution is 7.90. The molecular weight excluding hydrogens is 433 g/mol. The molecule has 4 rings (SSSR count). The summed E-state index contributed by atoms with van der Waals surface area (Å²) in [5.41, 5.74) is 0.120. The molecule has 10 heteroatoms. The van der Waals surface area contributed by atoms with E-state index in [4.69, 9.17) is 11.6 Å². The molecule has 0 aliphatic carbocycles. The van der Waals surface area contributed by atoms with Crippen LogP contribution in [0.15, 0.2) is 70.5 Å². The van der Waals surface area contributed by atoms with Gasteiger partial charge in [-0.15, -0.1) is 0 Å². The van der Waals surface area contributed by atoms with Gasteiger partial charge < -0.3 is 9.97 Å². The lowest BCUT2D eigenvalue weighted by atomic mass is 10.0. The van der Waals surface area contributed by atoms with Gasteiger partial charge in [-0.3, -0.25) is 9.59 Å². The van der Waals surface area contributed by atoms with Crippen LogP contribution in [0.4, 0.5) is 4.39 Å². The minimum absolute atomic E-state index is 0.138. The van der Waals surface area contributed by atoms with Crippen molar-refractivity contribution in [3.05, 3.63) is 87.7 Å². The van der Waals surface area contributed by atoms with Gasteiger partial charge in [0.05, 0.1) is 0 Å². The molecule has 152 valence electrons. The van der Waals surface area contributed by atoms with Crippen LogP contribution in [0.25, 0.3) is 22.0 Å². The number of hydrogen-bond acceptors (Lipinski definition) is 4. The third kappa shape index (κ3) is 3.49. The summed E-state index contributed by atoms with van der Waals surface area (Å²) in [5, 5.41) is 0.814. The zero-order valence-electron chi connectivity index (χ0n) is 15.1. The summed E-state index contributed by atoms with van der Waals surface area (Å²) in [7, 11) is -4.50. The molecule has 2 heterocycles. The molecule has 0 fully saturated rings. The van der Waals surface area contributed by atoms with Crippen LogP contribution in [0.5, 0.6) is 0 Å². The van der Waals surface area contributed by atoms with Crippen molar-refractivity contribution in [3.8, 4) is 11.1 Å². The van der Waals surface area contributed by atoms with E-state index < -0.39 is 32.2 Å². The molecule has 1 amide bonds. The van der Waals surface area contributed by atoms with Gasteiger partial charge in [0.25, 0.3) is 21.5 Å². The van der Waals surface area contributed by atoms with Gasteiger partial charge in [-0.2, -0.15) is 0 Å². The summed E-state index contributed by atoms with van der Waals surface area (Å²) in [4.78, 5) is 30.0. The quantitative estimate of drug-likeness (QED) is 0.446. The van der Waals surface area contributed by atoms with E-state index in [0.29, 0.717) is 15.9 Å². The first kappa shape index (κ1) is 19.9. The van der Waals surface area contributed by atoms with Crippen molar-refractivity contribution in [2.24, 2.45) is 0 Å². The lowest BCUT2D eigenvalue weighted by Gasteiger charge is -2.08. The summed E-state index contributed by atoms with van der Waals surface area (Å²) in [5.74, 6) is -2.05. The Morgan fingerprint density at radius 3 is 2.57 bits per heavy atom. The Morgan fingerprint density at radius 1 is 1.07 bits per heavy atom. The van der Waals surface area contributed by atoms with E-state index in [1.165, 1.54) is 24.4 Å². The third-order valence-corrected chi connectivity index (χ3v) is 6.03. The fourth-order valence-corrected chi connectivity index (χ4v) is 4.33. The number of amides is 1. The van der Waals surface area contributed by atoms with E-state index in [2.05, 4.69) is 9.97 Å². The van der Waals surface area contributed by atoms with Gasteiger partial charge in [0.15, 0.2) is 0 Å². The van der Waals surface area contributed by atoms with Crippen molar-refractivity contribution in [2.75, 3.05) is 0 Å². The van der Waals surface area contributed by atoms with Crippen molar-refractivity contribution >= 4 is 38.4 Å². The summed E-state index contributed by atoms with van der Waals surface area (Å²) in [6, 6.07) is 12.5. The number of rotatable bonds is 4. The van der Waals surface area contributed by atoms with Crippen molar-refractivity contribution in [1.82, 2.24) is 14.7 Å². The number of benzene rings is 2. The number of carbonyl (C=O) groups is 1. The molecule has 0 unspecified atom stereocenters. The number of sulfonamides is 1. The van der Waals surface area contributed by atoms with Crippen molar-refractivity contribution in [1.29, 1.82) is 0 Å². The molecule has 30 heavy (non-hydrogen) atoms. The number of halogens is 2. The fourth-order valence-electron chi connectivity index (χ4n) is 3.12. The average molecular weight is 446 g/mol. The van der Waals surface area contributed by atoms with E-state index in [0.717, 1.165) is 12.1 Å². The number of carbonyl (C=O) groups excluding carboxylic acids is 1. The maximum Gasteiger partial charge on any atom is 0.282 e. The molecule has 2 aromatic carbocycles. The van der Waals surface area contributed by atoms with Crippen molar-refractivity contribution in [3.63, 3.8) is 0 Å². The van der Waals surface area contributed by atoms with Crippen LogP contribution in [0.3, 0.4) is 0 Å². The predicted molar refractivity (Wildman–Crippen MR) is 110 cm³/mol. The lowest BCUT2D eigenvalue weighted by molar-refractivity contribution is 0.0978. The van der Waals surface area contributed by atoms with Gasteiger partial charge in [-0.1, -0.05) is 23.7 Å². The monoisotopic (exact) mass is 445 g/mol. The van der Waals surface area contributed by atoms with Gasteiger partial charge in [0, 0.05) is 33.2 Å². The fraction of sp³-hybridized carbons (Fsp3) is 0. The van der Waals surface area contributed by atoms with Crippen LogP contribution in [-0.2, 0) is 10.0 Å². The minimum Gasteiger partial charge on any atom is -0.350 e. The highest BCUT2D eigenvalue weighted by atomic mass is 35.5. The van der Waals surface area contributed by atoms with Crippen LogP contribution in [0.1, 0.15) is 10.5 Å². The number of fused-ring (bicyclic) bond motifs is 1. The molecule has 0 aliphatic rings. The topological polar surface area (TPSA) is 112 Å². The zero-order valence-corrected chi connectivity index (χ0v) is 16.6. The SMILES string of the molecule is O=C(NS(=O)(=O)c1ccccc1F)c1[nH]c2ccc(Cl)cc2c1-c1ccc[nH]c1=O. The molecule has 3 N–H and O–H groups in total. The number of aromatic nitrogens is 2. The standard InChI is InChI=1S/C20H13ClFN3O4S/c21-11-7-8-15-13(10-11)17(12-4-3-9-23-19(12)26)18(24-15)20(27)25-30(28,29)16-6-2-1-5-14(16)22/h1-10,24H,(H,23,26)(H,25,27). The second kappa shape index (κ2) is 7.43. The van der Waals surface area contributed by atoms with Gasteiger partial charge in [0.2, 0.25) is 0 Å². The average Bonchev–Trinajstić information content (AvgIpc) is 3.07. The van der Waals surface area contributed by atoms with E-state index in [1.54, 1.807) is 24.3 Å². The zero-order chi connectivity index (χ0) is 21.5. The Bertz CT molecular complexity index is 1460. The van der Waals surface area contributed by atoms with Gasteiger partial charge >= 0.3 is 0 Å². The molecule has 7 nitrogen and oxygen atoms in total. The Hall–Kier alpha value is -3.43. The second-order valence-corrected chi connectivity index (χ2v) is 8.43. The number of aromatic amines is 2. The summed E-state index contributed by atoms with van der Waals surface area (Å²) < 4.78 is 40.9. The molecular formula is C20H13ClFN3O4S. The first-order valence-corrected chi connectivity index (χ1v) is 10.4. The van der Waals surface area contributed by atoms with Crippen LogP contribution in [0, 0.1) is 5.82 Å². The molecule has 0 spiro atoms. The third-order valence-electron chi connectivity index (χ3n) is 4.43. The van der Waals surface area contributed by atoms with Crippen LogP contribution < -0.4 is 10.3 Å². The minimum atomic E-state index is -4.50. The molecule has 4 aromatic rings. The van der Waals surface area contributed by atoms with Gasteiger partial charge in [-0.05, 0) is 42.5 Å². The second-order valence-electron chi connectivity index (χ2n) is 6.34. The number of pyridine rings is 1. The Labute approximate surface area is 174 Å². The maximum atomic E-state index is 13.9. The molecule has 0 bridgehead atoms. The van der Waals surface area contributed by atoms with E-state index >= 15 is 0 Å². The van der Waals surface area contributed by atoms with Crippen LogP contribution >= 0.6 is 11.6 Å². The number of nitrogens with one attached hydrogen (secondary N) is 3. The highest BCUT2D eigenvalue weighted by Gasteiger charge is 2.27. The van der Waals surface area contributed by atoms with Crippen LogP contribution in [-0.4, -0.2) is 24.3 Å². The molecule has 0 saturated heterocycles. The molecule has 0 saturated carbocycles. The first-order valence-electron chi connectivity index (χ1n) is 8.59. The Balaban J connectivity index is 1.88. The summed E-state index contributed by atoms with van der Waals surface area (Å²) >= 11 is 6.07. The Morgan fingerprint density at radius 2 is 1.83 bits per heavy atom. The van der Waals surface area contributed by atoms with Gasteiger partial charge in [0.1, 0.15) is 16.4 Å². The van der Waals surface area contributed by atoms with Crippen molar-refractivity contribution < 1.29 is 17.6 Å². The maximum absolute atomic E-state index is 13.9. The summed E-state index contributed by atoms with van der Waals surface area (Å²) in [6.45, 7) is 0. The molecule has 2 aromatic heterocycles. The van der Waals surface area contributed by atoms with Crippen LogP contribution in [0.2, 0.25) is 5.02 Å². The number of H-pyrrole nitrogens is 2. The van der Waals surface area contributed by atoms with E-state index in [-0.39, 0.29) is 16.8 Å². The normalized spacial score (nSPS) is 11.5. The molecule has 0 atom stereocenters. The largest absolute Gasteiger partial charge is 0.350 e. The lowest BCUT2D eigenvalue weighted by Crippen LogP contribution is -2.32. The van der Waals surface area contributed by atoms with E-state index in [1.807, 2.05) is 4.72 Å².